The zero-order valence-corrected chi connectivity index (χ0v) is 9.71. The maximum atomic E-state index is 11.1. The summed E-state index contributed by atoms with van der Waals surface area (Å²) in [6, 6.07) is 11.2. The molecule has 0 aromatic heterocycles. The molecule has 0 aliphatic carbocycles. The summed E-state index contributed by atoms with van der Waals surface area (Å²) in [6.07, 6.45) is 0. The van der Waals surface area contributed by atoms with Crippen molar-refractivity contribution < 1.29 is 8.76 Å². The van der Waals surface area contributed by atoms with Crippen LogP contribution in [0.2, 0.25) is 0 Å². The number of nitrogens with one attached hydrogen (secondary N) is 1. The minimum atomic E-state index is -2.21. The smallest absolute Gasteiger partial charge is 0.0572 e. The molecule has 0 bridgehead atoms. The van der Waals surface area contributed by atoms with Crippen molar-refractivity contribution in [3.05, 3.63) is 36.4 Å². The summed E-state index contributed by atoms with van der Waals surface area (Å²) in [5.41, 5.74) is 0.689. The molecule has 1 N–H and O–H groups in total. The van der Waals surface area contributed by atoms with Crippen LogP contribution in [-0.4, -0.2) is 15.3 Å². The van der Waals surface area contributed by atoms with Crippen LogP contribution in [0.25, 0.3) is 10.8 Å². The molecule has 3 nitrogen and oxygen atoms in total. The first-order chi connectivity index (χ1) is 7.74. The molecular weight excluding hydrogens is 222 g/mol. The van der Waals surface area contributed by atoms with Gasteiger partial charge < -0.3 is 9.87 Å². The summed E-state index contributed by atoms with van der Waals surface area (Å²) in [5, 5.41) is 5.08. The molecule has 0 amide bonds. The van der Waals surface area contributed by atoms with Crippen molar-refractivity contribution in [3.8, 4) is 0 Å². The zero-order valence-electron chi connectivity index (χ0n) is 8.90. The van der Waals surface area contributed by atoms with Gasteiger partial charge in [0.1, 0.15) is 0 Å². The average molecular weight is 234 g/mol. The predicted octanol–water partition coefficient (Wildman–Crippen LogP) is 2.51. The molecule has 1 atom stereocenters. The van der Waals surface area contributed by atoms with Crippen LogP contribution in [0, 0.1) is 0 Å². The molecule has 0 heterocycles. The molecule has 0 saturated heterocycles. The van der Waals surface area contributed by atoms with Crippen LogP contribution in [0.5, 0.6) is 0 Å². The number of anilines is 1. The van der Waals surface area contributed by atoms with Crippen LogP contribution in [-0.2, 0) is 11.1 Å². The highest BCUT2D eigenvalue weighted by molar-refractivity contribution is 7.79. The van der Waals surface area contributed by atoms with E-state index in [-0.39, 0.29) is 0 Å². The normalized spacial score (nSPS) is 12.6. The monoisotopic (exact) mass is 234 g/mol. The van der Waals surface area contributed by atoms with Crippen LogP contribution < -0.4 is 5.32 Å². The number of rotatable bonds is 3. The maximum absolute atomic E-state index is 11.1. The van der Waals surface area contributed by atoms with E-state index in [1.165, 1.54) is 0 Å². The van der Waals surface area contributed by atoms with Crippen molar-refractivity contribution in [2.75, 3.05) is 11.9 Å². The molecule has 0 aliphatic rings. The first-order valence-corrected chi connectivity index (χ1v) is 6.16. The van der Waals surface area contributed by atoms with Crippen molar-refractivity contribution >= 4 is 27.5 Å². The molecule has 0 saturated carbocycles. The van der Waals surface area contributed by atoms with E-state index in [0.29, 0.717) is 17.1 Å². The fourth-order valence-corrected chi connectivity index (χ4v) is 2.28. The van der Waals surface area contributed by atoms with Crippen LogP contribution in [0.3, 0.4) is 0 Å². The Bertz CT molecular complexity index is 540. The van der Waals surface area contributed by atoms with Crippen LogP contribution in [0.15, 0.2) is 41.3 Å². The molecule has 2 aromatic rings. The van der Waals surface area contributed by atoms with Crippen LogP contribution in [0.4, 0.5) is 5.69 Å². The van der Waals surface area contributed by atoms with Gasteiger partial charge in [-0.3, -0.25) is 4.21 Å². The summed E-state index contributed by atoms with van der Waals surface area (Å²) in [7, 11) is 0. The van der Waals surface area contributed by atoms with E-state index >= 15 is 0 Å². The number of hydrogen-bond acceptors (Lipinski definition) is 3. The SMILES string of the molecule is CCNc1c(S(=O)[O-])ccc2ccccc12. The summed E-state index contributed by atoms with van der Waals surface area (Å²) in [6.45, 7) is 2.64. The second-order valence-corrected chi connectivity index (χ2v) is 4.33. The second kappa shape index (κ2) is 4.63. The van der Waals surface area contributed by atoms with E-state index in [9.17, 15) is 8.76 Å². The van der Waals surface area contributed by atoms with E-state index in [2.05, 4.69) is 5.32 Å². The lowest BCUT2D eigenvalue weighted by molar-refractivity contribution is 0.537. The summed E-state index contributed by atoms with van der Waals surface area (Å²) in [5.74, 6) is 0. The van der Waals surface area contributed by atoms with Crippen molar-refractivity contribution in [2.24, 2.45) is 0 Å². The maximum Gasteiger partial charge on any atom is 0.0572 e. The van der Waals surface area contributed by atoms with Gasteiger partial charge in [-0.1, -0.05) is 30.3 Å². The molecule has 4 heteroatoms. The fraction of sp³-hybridized carbons (Fsp3) is 0.167. The van der Waals surface area contributed by atoms with Crippen molar-refractivity contribution in [1.29, 1.82) is 0 Å². The van der Waals surface area contributed by atoms with E-state index in [1.54, 1.807) is 6.07 Å². The van der Waals surface area contributed by atoms with E-state index in [0.717, 1.165) is 10.8 Å². The quantitative estimate of drug-likeness (QED) is 0.830. The average Bonchev–Trinajstić information content (AvgIpc) is 2.29. The molecular formula is C12H12NO2S-. The van der Waals surface area contributed by atoms with Crippen molar-refractivity contribution in [1.82, 2.24) is 0 Å². The third-order valence-corrected chi connectivity index (χ3v) is 3.12. The van der Waals surface area contributed by atoms with Gasteiger partial charge in [-0.25, -0.2) is 0 Å². The Balaban J connectivity index is 2.73. The number of fused-ring (bicyclic) bond motifs is 1. The van der Waals surface area contributed by atoms with E-state index in [4.69, 9.17) is 0 Å². The van der Waals surface area contributed by atoms with Gasteiger partial charge in [-0.15, -0.1) is 0 Å². The minimum absolute atomic E-state index is 0.320. The van der Waals surface area contributed by atoms with Crippen LogP contribution in [0.1, 0.15) is 6.92 Å². The molecule has 1 unspecified atom stereocenters. The van der Waals surface area contributed by atoms with Crippen molar-refractivity contribution in [2.45, 2.75) is 11.8 Å². The fourth-order valence-electron chi connectivity index (χ4n) is 1.75. The zero-order chi connectivity index (χ0) is 11.5. The van der Waals surface area contributed by atoms with Crippen LogP contribution >= 0.6 is 0 Å². The molecule has 84 valence electrons. The Morgan fingerprint density at radius 1 is 1.25 bits per heavy atom. The highest BCUT2D eigenvalue weighted by Crippen LogP contribution is 2.29. The predicted molar refractivity (Wildman–Crippen MR) is 65.3 cm³/mol. The van der Waals surface area contributed by atoms with Gasteiger partial charge in [-0.2, -0.15) is 0 Å². The lowest BCUT2D eigenvalue weighted by Gasteiger charge is -2.15. The molecule has 2 rings (SSSR count). The Labute approximate surface area is 96.8 Å². The third kappa shape index (κ3) is 1.94. The lowest BCUT2D eigenvalue weighted by Crippen LogP contribution is -2.03. The molecule has 2 aromatic carbocycles. The standard InChI is InChI=1S/C12H13NO2S/c1-2-13-12-10-6-4-3-5-9(10)7-8-11(12)16(14)15/h3-8,13H,2H2,1H3,(H,14,15)/p-1. The molecule has 16 heavy (non-hydrogen) atoms. The second-order valence-electron chi connectivity index (χ2n) is 3.42. The molecule has 0 fully saturated rings. The Kier molecular flexibility index (Phi) is 3.22. The van der Waals surface area contributed by atoms with Gasteiger partial charge in [0.25, 0.3) is 0 Å². The Morgan fingerprint density at radius 3 is 2.69 bits per heavy atom. The molecule has 0 aliphatic heterocycles. The van der Waals surface area contributed by atoms with Gasteiger partial charge in [0.05, 0.1) is 5.69 Å². The third-order valence-electron chi connectivity index (χ3n) is 2.42. The highest BCUT2D eigenvalue weighted by atomic mass is 32.2. The first-order valence-electron chi connectivity index (χ1n) is 5.09. The van der Waals surface area contributed by atoms with E-state index in [1.807, 2.05) is 37.3 Å². The number of hydrogen-bond donors (Lipinski definition) is 1. The first kappa shape index (κ1) is 11.1. The topological polar surface area (TPSA) is 52.2 Å². The van der Waals surface area contributed by atoms with Gasteiger partial charge in [-0.05, 0) is 29.5 Å². The molecule has 0 spiro atoms. The molecule has 0 radical (unpaired) electrons. The summed E-state index contributed by atoms with van der Waals surface area (Å²) < 4.78 is 22.2. The largest absolute Gasteiger partial charge is 0.768 e. The highest BCUT2D eigenvalue weighted by Gasteiger charge is 2.06. The van der Waals surface area contributed by atoms with Gasteiger partial charge in [0, 0.05) is 16.8 Å². The summed E-state index contributed by atoms with van der Waals surface area (Å²) in [4.78, 5) is 0.320. The van der Waals surface area contributed by atoms with Gasteiger partial charge in [0.2, 0.25) is 0 Å². The Hall–Kier alpha value is -1.39. The summed E-state index contributed by atoms with van der Waals surface area (Å²) >= 11 is -2.21. The Morgan fingerprint density at radius 2 is 2.00 bits per heavy atom. The number of benzene rings is 2. The van der Waals surface area contributed by atoms with Gasteiger partial charge in [0.15, 0.2) is 0 Å². The minimum Gasteiger partial charge on any atom is -0.768 e. The van der Waals surface area contributed by atoms with Crippen molar-refractivity contribution in [3.63, 3.8) is 0 Å². The lowest BCUT2D eigenvalue weighted by atomic mass is 10.1. The van der Waals surface area contributed by atoms with E-state index < -0.39 is 11.1 Å². The van der Waals surface area contributed by atoms with Gasteiger partial charge >= 0.3 is 0 Å².